The second-order valence-corrected chi connectivity index (χ2v) is 4.83. The van der Waals surface area contributed by atoms with Crippen molar-refractivity contribution < 1.29 is 23.9 Å². The molecular formula is C12H20O5. The molecule has 0 aromatic carbocycles. The van der Waals surface area contributed by atoms with E-state index in [1.165, 1.54) is 6.92 Å². The van der Waals surface area contributed by atoms with Crippen LogP contribution in [0.3, 0.4) is 0 Å². The molecule has 0 rings (SSSR count). The zero-order valence-corrected chi connectivity index (χ0v) is 11.2. The molecule has 0 aromatic heterocycles. The summed E-state index contributed by atoms with van der Waals surface area (Å²) in [6, 6.07) is 0. The lowest BCUT2D eigenvalue weighted by Gasteiger charge is -2.30. The summed E-state index contributed by atoms with van der Waals surface area (Å²) in [6.45, 7) is 8.99. The van der Waals surface area contributed by atoms with Crippen LogP contribution in [-0.4, -0.2) is 28.9 Å². The zero-order chi connectivity index (χ0) is 13.9. The van der Waals surface area contributed by atoms with Gasteiger partial charge in [0, 0.05) is 13.3 Å². The molecule has 5 heteroatoms. The molecule has 0 aliphatic rings. The fourth-order valence-corrected chi connectivity index (χ4v) is 1.33. The summed E-state index contributed by atoms with van der Waals surface area (Å²) in [6.07, 6.45) is 0.0524. The number of ether oxygens (including phenoxy) is 2. The summed E-state index contributed by atoms with van der Waals surface area (Å²) in [5, 5.41) is 0. The summed E-state index contributed by atoms with van der Waals surface area (Å²) in [7, 11) is 0. The molecule has 0 amide bonds. The Balaban J connectivity index is 5.23. The number of hydrogen-bond acceptors (Lipinski definition) is 5. The molecule has 0 radical (unpaired) electrons. The molecule has 0 aromatic rings. The molecule has 0 spiro atoms. The second-order valence-electron chi connectivity index (χ2n) is 4.83. The number of rotatable bonds is 4. The van der Waals surface area contributed by atoms with Gasteiger partial charge in [-0.1, -0.05) is 6.92 Å². The Kier molecular flexibility index (Phi) is 4.86. The lowest BCUT2D eigenvalue weighted by molar-refractivity contribution is -0.191. The van der Waals surface area contributed by atoms with Crippen LogP contribution in [0.1, 0.15) is 48.0 Å². The highest BCUT2D eigenvalue weighted by Gasteiger charge is 2.48. The molecule has 0 aliphatic heterocycles. The van der Waals surface area contributed by atoms with Crippen molar-refractivity contribution >= 4 is 17.7 Å². The monoisotopic (exact) mass is 244 g/mol. The normalized spacial score (nSPS) is 14.7. The van der Waals surface area contributed by atoms with Crippen molar-refractivity contribution in [3.05, 3.63) is 0 Å². The minimum Gasteiger partial charge on any atom is -0.457 e. The van der Waals surface area contributed by atoms with E-state index in [4.69, 9.17) is 9.47 Å². The van der Waals surface area contributed by atoms with Gasteiger partial charge < -0.3 is 9.47 Å². The molecule has 0 N–H and O–H groups in total. The average molecular weight is 244 g/mol. The Bertz CT molecular complexity index is 326. The average Bonchev–Trinajstić information content (AvgIpc) is 2.10. The molecule has 1 atom stereocenters. The van der Waals surface area contributed by atoms with E-state index in [0.29, 0.717) is 0 Å². The Hall–Kier alpha value is -1.39. The Morgan fingerprint density at radius 3 is 1.71 bits per heavy atom. The van der Waals surface area contributed by atoms with Crippen LogP contribution in [0.4, 0.5) is 0 Å². The first-order chi connectivity index (χ1) is 7.55. The molecule has 98 valence electrons. The smallest absolute Gasteiger partial charge is 0.359 e. The summed E-state index contributed by atoms with van der Waals surface area (Å²) < 4.78 is 10.0. The Morgan fingerprint density at radius 1 is 1.00 bits per heavy atom. The predicted molar refractivity (Wildman–Crippen MR) is 61.3 cm³/mol. The number of hydrogen-bond donors (Lipinski definition) is 0. The second kappa shape index (κ2) is 5.29. The van der Waals surface area contributed by atoms with Crippen molar-refractivity contribution in [3.8, 4) is 0 Å². The summed E-state index contributed by atoms with van der Waals surface area (Å²) in [5.41, 5.74) is -2.56. The van der Waals surface area contributed by atoms with E-state index in [-0.39, 0.29) is 6.42 Å². The van der Waals surface area contributed by atoms with E-state index in [2.05, 4.69) is 0 Å². The third-order valence-corrected chi connectivity index (χ3v) is 2.11. The van der Waals surface area contributed by atoms with Gasteiger partial charge in [-0.25, -0.2) is 4.79 Å². The van der Waals surface area contributed by atoms with Crippen LogP contribution in [0.25, 0.3) is 0 Å². The van der Waals surface area contributed by atoms with Crippen molar-refractivity contribution in [2.45, 2.75) is 59.2 Å². The van der Waals surface area contributed by atoms with Gasteiger partial charge in [-0.3, -0.25) is 9.59 Å². The van der Waals surface area contributed by atoms with Crippen molar-refractivity contribution in [2.24, 2.45) is 0 Å². The summed E-state index contributed by atoms with van der Waals surface area (Å²) >= 11 is 0. The molecule has 1 unspecified atom stereocenters. The summed E-state index contributed by atoms with van der Waals surface area (Å²) in [4.78, 5) is 34.6. The standard InChI is InChI=1S/C12H20O5/c1-7-12(8(2)13,16-9(3)14)10(15)17-11(4,5)6/h7H2,1-6H3. The van der Waals surface area contributed by atoms with Crippen molar-refractivity contribution in [1.29, 1.82) is 0 Å². The van der Waals surface area contributed by atoms with Crippen LogP contribution < -0.4 is 0 Å². The van der Waals surface area contributed by atoms with Gasteiger partial charge in [0.1, 0.15) is 5.60 Å². The van der Waals surface area contributed by atoms with Gasteiger partial charge in [0.2, 0.25) is 0 Å². The molecule has 0 saturated carbocycles. The highest BCUT2D eigenvalue weighted by Crippen LogP contribution is 2.23. The highest BCUT2D eigenvalue weighted by atomic mass is 16.6. The number of carbonyl (C=O) groups excluding carboxylic acids is 3. The molecule has 5 nitrogen and oxygen atoms in total. The Morgan fingerprint density at radius 2 is 1.47 bits per heavy atom. The van der Waals surface area contributed by atoms with Gasteiger partial charge in [0.25, 0.3) is 5.60 Å². The SMILES string of the molecule is CCC(OC(C)=O)(C(C)=O)C(=O)OC(C)(C)C. The van der Waals surface area contributed by atoms with Crippen molar-refractivity contribution in [3.63, 3.8) is 0 Å². The summed E-state index contributed by atoms with van der Waals surface area (Å²) in [5.74, 6) is -2.05. The lowest BCUT2D eigenvalue weighted by Crippen LogP contribution is -2.51. The topological polar surface area (TPSA) is 69.7 Å². The minimum atomic E-state index is -1.82. The number of carbonyl (C=O) groups is 3. The third-order valence-electron chi connectivity index (χ3n) is 2.11. The first-order valence-corrected chi connectivity index (χ1v) is 5.49. The van der Waals surface area contributed by atoms with E-state index < -0.39 is 28.9 Å². The molecule has 0 heterocycles. The maximum absolute atomic E-state index is 12.0. The number of Topliss-reactive ketones (excluding diaryl/α,β-unsaturated/α-hetero) is 1. The van der Waals surface area contributed by atoms with E-state index in [1.807, 2.05) is 0 Å². The predicted octanol–water partition coefficient (Wildman–Crippen LogP) is 1.63. The molecule has 0 fully saturated rings. The quantitative estimate of drug-likeness (QED) is 0.555. The van der Waals surface area contributed by atoms with Gasteiger partial charge >= 0.3 is 11.9 Å². The maximum Gasteiger partial charge on any atom is 0.359 e. The third kappa shape index (κ3) is 4.17. The fraction of sp³-hybridized carbons (Fsp3) is 0.750. The van der Waals surface area contributed by atoms with Crippen LogP contribution in [0, 0.1) is 0 Å². The van der Waals surface area contributed by atoms with Gasteiger partial charge in [-0.2, -0.15) is 0 Å². The highest BCUT2D eigenvalue weighted by molar-refractivity contribution is 6.07. The van der Waals surface area contributed by atoms with Gasteiger partial charge in [0.15, 0.2) is 5.78 Å². The molecule has 0 aliphatic carbocycles. The van der Waals surface area contributed by atoms with Gasteiger partial charge in [-0.15, -0.1) is 0 Å². The van der Waals surface area contributed by atoms with Crippen LogP contribution in [0.15, 0.2) is 0 Å². The number of esters is 2. The largest absolute Gasteiger partial charge is 0.457 e. The zero-order valence-electron chi connectivity index (χ0n) is 11.2. The van der Waals surface area contributed by atoms with Crippen LogP contribution in [0.2, 0.25) is 0 Å². The van der Waals surface area contributed by atoms with E-state index in [1.54, 1.807) is 27.7 Å². The van der Waals surface area contributed by atoms with Gasteiger partial charge in [-0.05, 0) is 27.7 Å². The molecule has 0 bridgehead atoms. The minimum absolute atomic E-state index is 0.0524. The van der Waals surface area contributed by atoms with Crippen LogP contribution in [0.5, 0.6) is 0 Å². The van der Waals surface area contributed by atoms with Crippen LogP contribution >= 0.6 is 0 Å². The Labute approximate surface area is 101 Å². The maximum atomic E-state index is 12.0. The van der Waals surface area contributed by atoms with Crippen molar-refractivity contribution in [2.75, 3.05) is 0 Å². The van der Waals surface area contributed by atoms with Gasteiger partial charge in [0.05, 0.1) is 0 Å². The molecule has 17 heavy (non-hydrogen) atoms. The lowest BCUT2D eigenvalue weighted by atomic mass is 9.95. The molecule has 0 saturated heterocycles. The van der Waals surface area contributed by atoms with Crippen LogP contribution in [-0.2, 0) is 23.9 Å². The first kappa shape index (κ1) is 15.6. The van der Waals surface area contributed by atoms with Crippen molar-refractivity contribution in [1.82, 2.24) is 0 Å². The van der Waals surface area contributed by atoms with E-state index in [9.17, 15) is 14.4 Å². The van der Waals surface area contributed by atoms with E-state index >= 15 is 0 Å². The first-order valence-electron chi connectivity index (χ1n) is 5.49. The number of ketones is 1. The molecular weight excluding hydrogens is 224 g/mol. The van der Waals surface area contributed by atoms with E-state index in [0.717, 1.165) is 6.92 Å². The fourth-order valence-electron chi connectivity index (χ4n) is 1.33.